The Morgan fingerprint density at radius 1 is 1.65 bits per heavy atom. The summed E-state index contributed by atoms with van der Waals surface area (Å²) < 4.78 is 6.75. The summed E-state index contributed by atoms with van der Waals surface area (Å²) in [4.78, 5) is 39.3. The number of aliphatic hydroxyl groups is 1. The van der Waals surface area contributed by atoms with E-state index in [1.165, 1.54) is 6.20 Å². The molecule has 1 aliphatic rings. The topological polar surface area (TPSA) is 137 Å². The molecule has 0 unspecified atom stereocenters. The van der Waals surface area contributed by atoms with Gasteiger partial charge in [0.1, 0.15) is 18.9 Å². The second-order valence-electron chi connectivity index (χ2n) is 4.10. The van der Waals surface area contributed by atoms with Gasteiger partial charge >= 0.3 is 5.69 Å². The van der Waals surface area contributed by atoms with Gasteiger partial charge in [-0.1, -0.05) is 0 Å². The third-order valence-electron chi connectivity index (χ3n) is 2.78. The lowest BCUT2D eigenvalue weighted by Crippen LogP contribution is -2.33. The summed E-state index contributed by atoms with van der Waals surface area (Å²) in [5, 5.41) is 18.8. The Bertz CT molecular complexity index is 627. The molecule has 20 heavy (non-hydrogen) atoms. The SMILES string of the molecule is O=c1[nH]c(=O)n([C@H]2C[C@H](O)[C@@H](CO[N+](=O)[O-])O2)cc1I. The minimum Gasteiger partial charge on any atom is -0.390 e. The first-order valence-corrected chi connectivity index (χ1v) is 6.58. The lowest BCUT2D eigenvalue weighted by atomic mass is 10.2. The molecule has 110 valence electrons. The lowest BCUT2D eigenvalue weighted by Gasteiger charge is -2.15. The highest BCUT2D eigenvalue weighted by molar-refractivity contribution is 14.1. The van der Waals surface area contributed by atoms with E-state index in [1.807, 2.05) is 0 Å². The van der Waals surface area contributed by atoms with Gasteiger partial charge in [-0.3, -0.25) is 14.3 Å². The molecule has 0 aromatic carbocycles. The van der Waals surface area contributed by atoms with Crippen molar-refractivity contribution in [2.45, 2.75) is 24.9 Å². The fourth-order valence-corrected chi connectivity index (χ4v) is 2.28. The Kier molecular flexibility index (Phi) is 4.39. The molecule has 0 saturated carbocycles. The second-order valence-corrected chi connectivity index (χ2v) is 5.26. The van der Waals surface area contributed by atoms with Crippen molar-refractivity contribution in [2.24, 2.45) is 0 Å². The van der Waals surface area contributed by atoms with E-state index in [0.717, 1.165) is 4.57 Å². The fourth-order valence-electron chi connectivity index (χ4n) is 1.84. The van der Waals surface area contributed by atoms with E-state index in [9.17, 15) is 24.8 Å². The van der Waals surface area contributed by atoms with Crippen LogP contribution >= 0.6 is 22.6 Å². The van der Waals surface area contributed by atoms with Gasteiger partial charge in [0.05, 0.1) is 9.67 Å². The number of hydrogen-bond acceptors (Lipinski definition) is 7. The molecule has 1 aromatic rings. The van der Waals surface area contributed by atoms with Crippen LogP contribution in [0, 0.1) is 13.7 Å². The summed E-state index contributed by atoms with van der Waals surface area (Å²) in [6, 6.07) is 0. The molecule has 0 radical (unpaired) electrons. The number of aromatic amines is 1. The van der Waals surface area contributed by atoms with Crippen LogP contribution < -0.4 is 11.2 Å². The summed E-state index contributed by atoms with van der Waals surface area (Å²) in [5.74, 6) is 0. The zero-order valence-electron chi connectivity index (χ0n) is 9.89. The summed E-state index contributed by atoms with van der Waals surface area (Å²) in [6.07, 6.45) is -1.37. The largest absolute Gasteiger partial charge is 0.390 e. The Hall–Kier alpha value is -1.47. The first-order chi connectivity index (χ1) is 9.38. The Labute approximate surface area is 124 Å². The molecule has 1 fully saturated rings. The van der Waals surface area contributed by atoms with Crippen LogP contribution in [0.3, 0.4) is 0 Å². The highest BCUT2D eigenvalue weighted by atomic mass is 127. The second kappa shape index (κ2) is 5.88. The van der Waals surface area contributed by atoms with Crippen LogP contribution in [0.4, 0.5) is 0 Å². The normalized spacial score (nSPS) is 25.6. The lowest BCUT2D eigenvalue weighted by molar-refractivity contribution is -0.759. The fraction of sp³-hybridized carbons (Fsp3) is 0.556. The number of H-pyrrole nitrogens is 1. The molecule has 2 N–H and O–H groups in total. The minimum absolute atomic E-state index is 0.0633. The zero-order valence-corrected chi connectivity index (χ0v) is 12.1. The van der Waals surface area contributed by atoms with E-state index in [1.54, 1.807) is 22.6 Å². The van der Waals surface area contributed by atoms with E-state index < -0.39 is 41.4 Å². The van der Waals surface area contributed by atoms with Gasteiger partial charge in [0.15, 0.2) is 0 Å². The first-order valence-electron chi connectivity index (χ1n) is 5.50. The zero-order chi connectivity index (χ0) is 14.9. The van der Waals surface area contributed by atoms with Crippen molar-refractivity contribution >= 4 is 22.6 Å². The van der Waals surface area contributed by atoms with E-state index in [-0.39, 0.29) is 9.99 Å². The molecule has 2 rings (SSSR count). The molecule has 10 nitrogen and oxygen atoms in total. The van der Waals surface area contributed by atoms with Gasteiger partial charge in [-0.2, -0.15) is 0 Å². The molecule has 1 aliphatic heterocycles. The number of rotatable bonds is 4. The molecule has 2 heterocycles. The van der Waals surface area contributed by atoms with Crippen molar-refractivity contribution in [2.75, 3.05) is 6.61 Å². The van der Waals surface area contributed by atoms with Gasteiger partial charge in [0.2, 0.25) is 0 Å². The van der Waals surface area contributed by atoms with E-state index >= 15 is 0 Å². The van der Waals surface area contributed by atoms with Crippen molar-refractivity contribution in [1.82, 2.24) is 9.55 Å². The third kappa shape index (κ3) is 3.16. The maximum Gasteiger partial charge on any atom is 0.330 e. The molecule has 0 amide bonds. The highest BCUT2D eigenvalue weighted by Gasteiger charge is 2.36. The number of aliphatic hydroxyl groups excluding tert-OH is 1. The van der Waals surface area contributed by atoms with Gasteiger partial charge in [0.25, 0.3) is 10.6 Å². The van der Waals surface area contributed by atoms with E-state index in [0.29, 0.717) is 0 Å². The maximum atomic E-state index is 11.7. The van der Waals surface area contributed by atoms with Gasteiger partial charge in [-0.15, -0.1) is 10.1 Å². The summed E-state index contributed by atoms with van der Waals surface area (Å²) >= 11 is 1.75. The minimum atomic E-state index is -1.00. The maximum absolute atomic E-state index is 11.7. The van der Waals surface area contributed by atoms with Gasteiger partial charge in [-0.05, 0) is 22.6 Å². The van der Waals surface area contributed by atoms with Crippen LogP contribution in [0.2, 0.25) is 0 Å². The summed E-state index contributed by atoms with van der Waals surface area (Å²) in [7, 11) is 0. The van der Waals surface area contributed by atoms with Crippen LogP contribution in [0.15, 0.2) is 15.8 Å². The predicted octanol–water partition coefficient (Wildman–Crippen LogP) is -1.00. The molecule has 3 atom stereocenters. The number of aromatic nitrogens is 2. The molecular weight excluding hydrogens is 389 g/mol. The standard InChI is InChI=1S/C9H10IN3O7/c10-4-2-12(9(16)11-8(4)15)7-1-5(14)6(20-7)3-19-13(17)18/h2,5-7,14H,1,3H2,(H,11,15,16)/t5-,6+,7+/m0/s1. The molecule has 11 heteroatoms. The quantitative estimate of drug-likeness (QED) is 0.376. The number of ether oxygens (including phenoxy) is 1. The van der Waals surface area contributed by atoms with E-state index in [4.69, 9.17) is 4.74 Å². The van der Waals surface area contributed by atoms with Crippen molar-refractivity contribution in [3.63, 3.8) is 0 Å². The number of nitrogens with zero attached hydrogens (tertiary/aromatic N) is 2. The van der Waals surface area contributed by atoms with Gasteiger partial charge in [0, 0.05) is 12.6 Å². The molecule has 0 bridgehead atoms. The molecule has 0 spiro atoms. The van der Waals surface area contributed by atoms with Crippen LogP contribution in [-0.4, -0.2) is 38.6 Å². The van der Waals surface area contributed by atoms with Crippen molar-refractivity contribution < 1.29 is 19.8 Å². The van der Waals surface area contributed by atoms with Gasteiger partial charge in [-0.25, -0.2) is 4.79 Å². The number of halogens is 1. The molecule has 0 aliphatic carbocycles. The van der Waals surface area contributed by atoms with E-state index in [2.05, 4.69) is 9.82 Å². The Morgan fingerprint density at radius 3 is 3.00 bits per heavy atom. The van der Waals surface area contributed by atoms with Gasteiger partial charge < -0.3 is 14.7 Å². The Morgan fingerprint density at radius 2 is 2.35 bits per heavy atom. The van der Waals surface area contributed by atoms with Crippen molar-refractivity contribution in [3.8, 4) is 0 Å². The average molecular weight is 399 g/mol. The predicted molar refractivity (Wildman–Crippen MR) is 71.5 cm³/mol. The van der Waals surface area contributed by atoms with Crippen LogP contribution in [0.25, 0.3) is 0 Å². The molecule has 1 aromatic heterocycles. The van der Waals surface area contributed by atoms with Crippen molar-refractivity contribution in [3.05, 3.63) is 40.7 Å². The van der Waals surface area contributed by atoms with Crippen LogP contribution in [-0.2, 0) is 9.57 Å². The third-order valence-corrected chi connectivity index (χ3v) is 3.55. The average Bonchev–Trinajstić information content (AvgIpc) is 2.72. The smallest absolute Gasteiger partial charge is 0.330 e. The first kappa shape index (κ1) is 14.9. The van der Waals surface area contributed by atoms with Crippen LogP contribution in [0.5, 0.6) is 0 Å². The molecular formula is C9H10IN3O7. The monoisotopic (exact) mass is 399 g/mol. The molecule has 1 saturated heterocycles. The highest BCUT2D eigenvalue weighted by Crippen LogP contribution is 2.27. The van der Waals surface area contributed by atoms with Crippen molar-refractivity contribution in [1.29, 1.82) is 0 Å². The number of hydrogen-bond donors (Lipinski definition) is 2. The number of nitrogens with one attached hydrogen (secondary N) is 1. The summed E-state index contributed by atoms with van der Waals surface area (Å²) in [6.45, 7) is -0.431. The summed E-state index contributed by atoms with van der Waals surface area (Å²) in [5.41, 5.74) is -1.19. The Balaban J connectivity index is 2.16. The van der Waals surface area contributed by atoms with Crippen LogP contribution in [0.1, 0.15) is 12.6 Å².